The first-order chi connectivity index (χ1) is 10.2. The van der Waals surface area contributed by atoms with Crippen molar-refractivity contribution in [2.45, 2.75) is 39.0 Å². The summed E-state index contributed by atoms with van der Waals surface area (Å²) in [4.78, 5) is 7.01. The Kier molecular flexibility index (Phi) is 4.36. The number of nitrogens with zero attached hydrogens (tertiary/aromatic N) is 3. The van der Waals surface area contributed by atoms with Crippen LogP contribution in [0.2, 0.25) is 0 Å². The standard InChI is InChI=1S/C17H24N4/c1-14(2)19-12-16(15-6-4-3-5-7-15)21-11-10-20-9-8-18-17(20)13-21/h3-9,14,16,19H,10-13H2,1-2H3. The first kappa shape index (κ1) is 14.3. The topological polar surface area (TPSA) is 33.1 Å². The highest BCUT2D eigenvalue weighted by Crippen LogP contribution is 2.24. The number of benzene rings is 1. The summed E-state index contributed by atoms with van der Waals surface area (Å²) < 4.78 is 2.26. The summed E-state index contributed by atoms with van der Waals surface area (Å²) in [6.45, 7) is 8.40. The van der Waals surface area contributed by atoms with Crippen LogP contribution in [-0.4, -0.2) is 33.6 Å². The van der Waals surface area contributed by atoms with E-state index in [2.05, 4.69) is 70.1 Å². The van der Waals surface area contributed by atoms with Gasteiger partial charge in [0, 0.05) is 44.1 Å². The van der Waals surface area contributed by atoms with E-state index in [0.29, 0.717) is 12.1 Å². The predicted octanol–water partition coefficient (Wildman–Crippen LogP) is 2.44. The Balaban J connectivity index is 1.79. The lowest BCUT2D eigenvalue weighted by Crippen LogP contribution is -2.42. The van der Waals surface area contributed by atoms with Gasteiger partial charge < -0.3 is 9.88 Å². The SMILES string of the molecule is CC(C)NCC(c1ccccc1)N1CCn2ccnc2C1. The van der Waals surface area contributed by atoms with Crippen LogP contribution in [0.5, 0.6) is 0 Å². The molecule has 0 bridgehead atoms. The van der Waals surface area contributed by atoms with Crippen LogP contribution in [0.1, 0.15) is 31.3 Å². The lowest BCUT2D eigenvalue weighted by atomic mass is 10.0. The molecule has 3 rings (SSSR count). The monoisotopic (exact) mass is 284 g/mol. The van der Waals surface area contributed by atoms with E-state index >= 15 is 0 Å². The molecule has 0 saturated heterocycles. The van der Waals surface area contributed by atoms with Gasteiger partial charge in [-0.15, -0.1) is 0 Å². The maximum Gasteiger partial charge on any atom is 0.122 e. The smallest absolute Gasteiger partial charge is 0.122 e. The van der Waals surface area contributed by atoms with Crippen LogP contribution in [-0.2, 0) is 13.1 Å². The predicted molar refractivity (Wildman–Crippen MR) is 85.0 cm³/mol. The molecule has 1 unspecified atom stereocenters. The Morgan fingerprint density at radius 1 is 1.19 bits per heavy atom. The number of fused-ring (bicyclic) bond motifs is 1. The molecule has 0 amide bonds. The summed E-state index contributed by atoms with van der Waals surface area (Å²) in [5.74, 6) is 1.17. The third-order valence-corrected chi connectivity index (χ3v) is 4.12. The van der Waals surface area contributed by atoms with Crippen LogP contribution in [0, 0.1) is 0 Å². The van der Waals surface area contributed by atoms with Gasteiger partial charge in [-0.1, -0.05) is 44.2 Å². The second-order valence-corrected chi connectivity index (χ2v) is 6.00. The highest BCUT2D eigenvalue weighted by atomic mass is 15.3. The van der Waals surface area contributed by atoms with E-state index in [-0.39, 0.29) is 0 Å². The van der Waals surface area contributed by atoms with Crippen LogP contribution >= 0.6 is 0 Å². The van der Waals surface area contributed by atoms with E-state index in [1.54, 1.807) is 0 Å². The van der Waals surface area contributed by atoms with Crippen molar-refractivity contribution in [2.24, 2.45) is 0 Å². The average Bonchev–Trinajstić information content (AvgIpc) is 2.96. The van der Waals surface area contributed by atoms with Crippen molar-refractivity contribution in [3.05, 3.63) is 54.1 Å². The van der Waals surface area contributed by atoms with Gasteiger partial charge in [-0.3, -0.25) is 4.90 Å². The van der Waals surface area contributed by atoms with Gasteiger partial charge >= 0.3 is 0 Å². The molecule has 112 valence electrons. The Morgan fingerprint density at radius 2 is 2.00 bits per heavy atom. The van der Waals surface area contributed by atoms with Gasteiger partial charge in [0.05, 0.1) is 6.54 Å². The van der Waals surface area contributed by atoms with Crippen LogP contribution in [0.4, 0.5) is 0 Å². The number of nitrogens with one attached hydrogen (secondary N) is 1. The molecule has 21 heavy (non-hydrogen) atoms. The first-order valence-corrected chi connectivity index (χ1v) is 7.76. The van der Waals surface area contributed by atoms with Gasteiger partial charge in [-0.2, -0.15) is 0 Å². The lowest BCUT2D eigenvalue weighted by molar-refractivity contribution is 0.147. The zero-order chi connectivity index (χ0) is 14.7. The first-order valence-electron chi connectivity index (χ1n) is 7.76. The van der Waals surface area contributed by atoms with Crippen molar-refractivity contribution in [1.29, 1.82) is 0 Å². The van der Waals surface area contributed by atoms with Gasteiger partial charge in [0.1, 0.15) is 5.82 Å². The second-order valence-electron chi connectivity index (χ2n) is 6.00. The fourth-order valence-corrected chi connectivity index (χ4v) is 2.94. The Morgan fingerprint density at radius 3 is 2.76 bits per heavy atom. The van der Waals surface area contributed by atoms with Crippen LogP contribution in [0.25, 0.3) is 0 Å². The van der Waals surface area contributed by atoms with Gasteiger partial charge in [0.25, 0.3) is 0 Å². The van der Waals surface area contributed by atoms with Crippen molar-refractivity contribution in [3.8, 4) is 0 Å². The number of imidazole rings is 1. The summed E-state index contributed by atoms with van der Waals surface area (Å²) in [5, 5.41) is 3.59. The van der Waals surface area contributed by atoms with Crippen molar-refractivity contribution in [3.63, 3.8) is 0 Å². The van der Waals surface area contributed by atoms with E-state index in [1.165, 1.54) is 11.4 Å². The van der Waals surface area contributed by atoms with Crippen LogP contribution in [0.3, 0.4) is 0 Å². The van der Waals surface area contributed by atoms with Gasteiger partial charge in [-0.25, -0.2) is 4.98 Å². The summed E-state index contributed by atoms with van der Waals surface area (Å²) >= 11 is 0. The Labute approximate surface area is 126 Å². The molecular weight excluding hydrogens is 260 g/mol. The molecule has 2 heterocycles. The molecule has 0 aliphatic carbocycles. The van der Waals surface area contributed by atoms with Crippen LogP contribution < -0.4 is 5.32 Å². The molecule has 2 aromatic rings. The molecule has 0 saturated carbocycles. The average molecular weight is 284 g/mol. The van der Waals surface area contributed by atoms with E-state index in [0.717, 1.165) is 26.2 Å². The molecule has 1 N–H and O–H groups in total. The summed E-state index contributed by atoms with van der Waals surface area (Å²) in [7, 11) is 0. The molecule has 0 fully saturated rings. The number of hydrogen-bond acceptors (Lipinski definition) is 3. The molecule has 4 heteroatoms. The van der Waals surface area contributed by atoms with Crippen molar-refractivity contribution in [2.75, 3.05) is 13.1 Å². The van der Waals surface area contributed by atoms with Crippen molar-refractivity contribution >= 4 is 0 Å². The summed E-state index contributed by atoms with van der Waals surface area (Å²) in [6.07, 6.45) is 3.99. The summed E-state index contributed by atoms with van der Waals surface area (Å²) in [6, 6.07) is 11.7. The third kappa shape index (κ3) is 3.34. The quantitative estimate of drug-likeness (QED) is 0.915. The second kappa shape index (κ2) is 6.41. The van der Waals surface area contributed by atoms with E-state index < -0.39 is 0 Å². The van der Waals surface area contributed by atoms with Gasteiger partial charge in [0.2, 0.25) is 0 Å². The zero-order valence-corrected chi connectivity index (χ0v) is 12.9. The molecule has 4 nitrogen and oxygen atoms in total. The molecule has 1 aliphatic rings. The van der Waals surface area contributed by atoms with Gasteiger partial charge in [0.15, 0.2) is 0 Å². The Bertz CT molecular complexity index is 561. The normalized spacial score (nSPS) is 16.9. The molecule has 0 radical (unpaired) electrons. The van der Waals surface area contributed by atoms with E-state index in [4.69, 9.17) is 0 Å². The number of aromatic nitrogens is 2. The minimum Gasteiger partial charge on any atom is -0.333 e. The molecule has 1 aliphatic heterocycles. The number of rotatable bonds is 5. The molecular formula is C17H24N4. The molecule has 1 atom stereocenters. The summed E-state index contributed by atoms with van der Waals surface area (Å²) in [5.41, 5.74) is 1.38. The maximum absolute atomic E-state index is 4.48. The maximum atomic E-state index is 4.48. The van der Waals surface area contributed by atoms with Crippen molar-refractivity contribution < 1.29 is 0 Å². The van der Waals surface area contributed by atoms with Crippen LogP contribution in [0.15, 0.2) is 42.7 Å². The molecule has 0 spiro atoms. The van der Waals surface area contributed by atoms with Crippen molar-refractivity contribution in [1.82, 2.24) is 19.8 Å². The molecule has 1 aromatic heterocycles. The fraction of sp³-hybridized carbons (Fsp3) is 0.471. The van der Waals surface area contributed by atoms with E-state index in [1.807, 2.05) is 6.20 Å². The zero-order valence-electron chi connectivity index (χ0n) is 12.9. The highest BCUT2D eigenvalue weighted by Gasteiger charge is 2.25. The minimum atomic E-state index is 0.402. The lowest BCUT2D eigenvalue weighted by Gasteiger charge is -2.35. The van der Waals surface area contributed by atoms with E-state index in [9.17, 15) is 0 Å². The molecule has 1 aromatic carbocycles. The fourth-order valence-electron chi connectivity index (χ4n) is 2.94. The third-order valence-electron chi connectivity index (χ3n) is 4.12. The largest absolute Gasteiger partial charge is 0.333 e. The highest BCUT2D eigenvalue weighted by molar-refractivity contribution is 5.20. The van der Waals surface area contributed by atoms with Gasteiger partial charge in [-0.05, 0) is 5.56 Å². The number of hydrogen-bond donors (Lipinski definition) is 1. The minimum absolute atomic E-state index is 0.402. The Hall–Kier alpha value is -1.65.